The molecule has 1 amide bonds. The average molecular weight is 608 g/mol. The smallest absolute Gasteiger partial charge is 0.335 e. The maximum absolute atomic E-state index is 15.2. The standard InChI is InChI=1S/C20H29BrFN3O3.C4H6O6/c1-19(2,27)12-25-7-5-20(22,6-8-25)11-24-18(26)14-10-15(21)16(23)13-4-3-9-28-17(13)14;5-1(3(7)8)2(6)4(9)10/h10,27H,3-9,11-12,23H2,1-2H3,(H,24,26);1-2,5-6H,(H,7,8)(H,9,10). The third-order valence-electron chi connectivity index (χ3n) is 6.17. The zero-order chi connectivity index (χ0) is 28.8. The lowest BCUT2D eigenvalue weighted by atomic mass is 9.92. The van der Waals surface area contributed by atoms with Crippen LogP contribution in [0, 0.1) is 0 Å². The molecule has 2 heterocycles. The van der Waals surface area contributed by atoms with Gasteiger partial charge in [-0.25, -0.2) is 14.0 Å². The number of carboxylic acid groups (broad SMARTS) is 2. The van der Waals surface area contributed by atoms with Gasteiger partial charge in [0.2, 0.25) is 0 Å². The molecule has 0 radical (unpaired) electrons. The Labute approximate surface area is 227 Å². The van der Waals surface area contributed by atoms with Gasteiger partial charge in [0.1, 0.15) is 11.4 Å². The Bertz CT molecular complexity index is 1010. The van der Waals surface area contributed by atoms with E-state index in [0.717, 1.165) is 18.4 Å². The molecule has 2 atom stereocenters. The summed E-state index contributed by atoms with van der Waals surface area (Å²) in [7, 11) is 0. The number of fused-ring (bicyclic) bond motifs is 1. The minimum absolute atomic E-state index is 0.0427. The predicted octanol–water partition coefficient (Wildman–Crippen LogP) is 0.539. The van der Waals surface area contributed by atoms with Crippen molar-refractivity contribution < 1.29 is 49.0 Å². The van der Waals surface area contributed by atoms with Gasteiger partial charge in [0.25, 0.3) is 5.91 Å². The first-order valence-electron chi connectivity index (χ1n) is 12.0. The lowest BCUT2D eigenvalue weighted by molar-refractivity contribution is -0.165. The number of ether oxygens (including phenoxy) is 1. The van der Waals surface area contributed by atoms with E-state index < -0.39 is 35.4 Å². The zero-order valence-electron chi connectivity index (χ0n) is 21.2. The van der Waals surface area contributed by atoms with Crippen LogP contribution in [0.15, 0.2) is 10.5 Å². The van der Waals surface area contributed by atoms with E-state index >= 15 is 4.39 Å². The fourth-order valence-corrected chi connectivity index (χ4v) is 4.61. The Hall–Kier alpha value is -2.52. The van der Waals surface area contributed by atoms with Crippen LogP contribution in [0.25, 0.3) is 0 Å². The summed E-state index contributed by atoms with van der Waals surface area (Å²) in [6.45, 7) is 5.62. The predicted molar refractivity (Wildman–Crippen MR) is 138 cm³/mol. The van der Waals surface area contributed by atoms with E-state index in [1.807, 2.05) is 0 Å². The van der Waals surface area contributed by atoms with Crippen molar-refractivity contribution in [1.29, 1.82) is 0 Å². The molecule has 214 valence electrons. The first kappa shape index (κ1) is 31.7. The quantitative estimate of drug-likeness (QED) is 0.203. The first-order valence-corrected chi connectivity index (χ1v) is 12.8. The van der Waals surface area contributed by atoms with Crippen molar-refractivity contribution in [2.45, 2.75) is 63.0 Å². The van der Waals surface area contributed by atoms with Gasteiger partial charge in [0.15, 0.2) is 12.2 Å². The third kappa shape index (κ3) is 8.76. The van der Waals surface area contributed by atoms with Crippen LogP contribution in [0.3, 0.4) is 0 Å². The number of rotatable bonds is 8. The van der Waals surface area contributed by atoms with Gasteiger partial charge < -0.3 is 46.2 Å². The van der Waals surface area contributed by atoms with Crippen molar-refractivity contribution in [3.8, 4) is 5.75 Å². The van der Waals surface area contributed by atoms with Crippen LogP contribution in [0.5, 0.6) is 5.75 Å². The van der Waals surface area contributed by atoms with Crippen LogP contribution < -0.4 is 15.8 Å². The number of nitrogens with two attached hydrogens (primary N) is 1. The second-order valence-electron chi connectivity index (χ2n) is 10.1. The molecule has 2 aliphatic rings. The van der Waals surface area contributed by atoms with Crippen molar-refractivity contribution in [3.05, 3.63) is 21.7 Å². The number of likely N-dealkylation sites (tertiary alicyclic amines) is 1. The monoisotopic (exact) mass is 607 g/mol. The van der Waals surface area contributed by atoms with Gasteiger partial charge in [-0.1, -0.05) is 0 Å². The summed E-state index contributed by atoms with van der Waals surface area (Å²) in [6, 6.07) is 1.64. The molecule has 38 heavy (non-hydrogen) atoms. The second kappa shape index (κ2) is 13.0. The SMILES string of the molecule is CC(C)(O)CN1CCC(F)(CNC(=O)c2cc(Br)c(N)c3c2OCCC3)CC1.O=C(O)C(O)C(O)C(=O)O. The Morgan fingerprint density at radius 2 is 1.76 bits per heavy atom. The lowest BCUT2D eigenvalue weighted by Crippen LogP contribution is -2.50. The van der Waals surface area contributed by atoms with Crippen molar-refractivity contribution in [3.63, 3.8) is 0 Å². The molecule has 2 unspecified atom stereocenters. The van der Waals surface area contributed by atoms with E-state index in [4.69, 9.17) is 30.9 Å². The summed E-state index contributed by atoms with van der Waals surface area (Å²) in [6.07, 6.45) is -2.28. The number of nitrogen functional groups attached to an aromatic ring is 1. The minimum Gasteiger partial charge on any atom is -0.492 e. The Kier molecular flexibility index (Phi) is 10.9. The molecular formula is C24H35BrFN3O9. The number of nitrogens with zero attached hydrogens (tertiary/aromatic N) is 1. The number of anilines is 1. The molecule has 14 heteroatoms. The van der Waals surface area contributed by atoms with E-state index in [9.17, 15) is 19.5 Å². The number of carbonyl (C=O) groups is 3. The minimum atomic E-state index is -2.27. The van der Waals surface area contributed by atoms with Gasteiger partial charge in [0, 0.05) is 29.7 Å². The molecule has 8 N–H and O–H groups in total. The zero-order valence-corrected chi connectivity index (χ0v) is 22.8. The van der Waals surface area contributed by atoms with Crippen LogP contribution >= 0.6 is 15.9 Å². The van der Waals surface area contributed by atoms with E-state index in [-0.39, 0.29) is 12.5 Å². The number of aliphatic hydroxyl groups is 3. The molecule has 1 aromatic rings. The van der Waals surface area contributed by atoms with E-state index in [0.29, 0.717) is 60.6 Å². The molecule has 0 spiro atoms. The highest BCUT2D eigenvalue weighted by molar-refractivity contribution is 9.10. The molecule has 1 saturated heterocycles. The van der Waals surface area contributed by atoms with Gasteiger partial charge in [0.05, 0.1) is 30.0 Å². The summed E-state index contributed by atoms with van der Waals surface area (Å²) in [4.78, 5) is 34.4. The summed E-state index contributed by atoms with van der Waals surface area (Å²) >= 11 is 3.40. The van der Waals surface area contributed by atoms with E-state index in [1.54, 1.807) is 19.9 Å². The van der Waals surface area contributed by atoms with Gasteiger partial charge in [-0.15, -0.1) is 0 Å². The van der Waals surface area contributed by atoms with Crippen LogP contribution in [0.2, 0.25) is 0 Å². The van der Waals surface area contributed by atoms with Gasteiger partial charge in [-0.2, -0.15) is 0 Å². The highest BCUT2D eigenvalue weighted by atomic mass is 79.9. The number of aliphatic hydroxyl groups excluding tert-OH is 2. The van der Waals surface area contributed by atoms with Crippen LogP contribution in [0.4, 0.5) is 10.1 Å². The van der Waals surface area contributed by atoms with E-state index in [2.05, 4.69) is 26.1 Å². The highest BCUT2D eigenvalue weighted by Crippen LogP contribution is 2.38. The van der Waals surface area contributed by atoms with Crippen LogP contribution in [-0.4, -0.2) is 105 Å². The Morgan fingerprint density at radius 3 is 2.26 bits per heavy atom. The largest absolute Gasteiger partial charge is 0.492 e. The summed E-state index contributed by atoms with van der Waals surface area (Å²) in [5.74, 6) is -3.38. The van der Waals surface area contributed by atoms with Crippen LogP contribution in [0.1, 0.15) is 49.0 Å². The number of aliphatic carboxylic acids is 2. The Morgan fingerprint density at radius 1 is 1.21 bits per heavy atom. The molecule has 0 bridgehead atoms. The molecule has 0 aliphatic carbocycles. The molecule has 12 nitrogen and oxygen atoms in total. The lowest BCUT2D eigenvalue weighted by Gasteiger charge is -2.38. The number of β-amino-alcohol motifs (C(OH)–C–C–N with tert-alkyl or cyclic N) is 1. The van der Waals surface area contributed by atoms with Gasteiger partial charge in [-0.05, 0) is 61.5 Å². The van der Waals surface area contributed by atoms with E-state index in [1.165, 1.54) is 0 Å². The van der Waals surface area contributed by atoms with Crippen molar-refractivity contribution in [2.24, 2.45) is 0 Å². The number of hydrogen-bond donors (Lipinski definition) is 7. The molecule has 2 aliphatic heterocycles. The fraction of sp³-hybridized carbons (Fsp3) is 0.625. The highest BCUT2D eigenvalue weighted by Gasteiger charge is 2.36. The number of alkyl halides is 1. The average Bonchev–Trinajstić information content (AvgIpc) is 2.85. The topological polar surface area (TPSA) is 203 Å². The fourth-order valence-electron chi connectivity index (χ4n) is 4.14. The number of nitrogens with one attached hydrogen (secondary N) is 1. The third-order valence-corrected chi connectivity index (χ3v) is 6.82. The first-order chi connectivity index (χ1) is 17.5. The number of benzene rings is 1. The molecule has 1 fully saturated rings. The van der Waals surface area contributed by atoms with Crippen molar-refractivity contribution in [2.75, 3.05) is 38.5 Å². The second-order valence-corrected chi connectivity index (χ2v) is 10.9. The molecule has 0 aromatic heterocycles. The summed E-state index contributed by atoms with van der Waals surface area (Å²) in [5, 5.41) is 45.2. The van der Waals surface area contributed by atoms with Crippen LogP contribution in [-0.2, 0) is 16.0 Å². The maximum atomic E-state index is 15.2. The summed E-state index contributed by atoms with van der Waals surface area (Å²) in [5.41, 5.74) is 5.67. The number of hydrogen-bond acceptors (Lipinski definition) is 9. The number of carbonyl (C=O) groups excluding carboxylic acids is 1. The Balaban J connectivity index is 0.000000432. The number of carboxylic acids is 2. The normalized spacial score (nSPS) is 18.6. The molecular weight excluding hydrogens is 573 g/mol. The number of amides is 1. The van der Waals surface area contributed by atoms with Crippen molar-refractivity contribution in [1.82, 2.24) is 10.2 Å². The maximum Gasteiger partial charge on any atom is 0.335 e. The molecule has 3 rings (SSSR count). The number of piperidine rings is 1. The molecule has 1 aromatic carbocycles. The molecule has 0 saturated carbocycles. The van der Waals surface area contributed by atoms with Crippen molar-refractivity contribution >= 4 is 39.5 Å². The summed E-state index contributed by atoms with van der Waals surface area (Å²) < 4.78 is 21.5. The van der Waals surface area contributed by atoms with Gasteiger partial charge in [-0.3, -0.25) is 4.79 Å². The van der Waals surface area contributed by atoms with Gasteiger partial charge >= 0.3 is 11.9 Å². The number of halogens is 2.